The van der Waals surface area contributed by atoms with Crippen molar-refractivity contribution in [2.75, 3.05) is 34.4 Å². The molecule has 0 aliphatic heterocycles. The maximum atomic E-state index is 11.6. The second-order valence-electron chi connectivity index (χ2n) is 4.68. The van der Waals surface area contributed by atoms with Crippen LogP contribution in [0.25, 0.3) is 0 Å². The van der Waals surface area contributed by atoms with Crippen LogP contribution >= 0.6 is 0 Å². The predicted molar refractivity (Wildman–Crippen MR) is 81.3 cm³/mol. The highest BCUT2D eigenvalue weighted by atomic mass is 16.6. The standard InChI is InChI=1S/C13H18N2O3.C2H2O4/c1-15(2)9-10-18-14-12(13(16)17-3)11-7-5-4-6-8-11;3-1(4)2(5)6/h4-8H,9-10H2,1-3H3;(H,3,4)(H,5,6)/b14-12+;. The van der Waals surface area contributed by atoms with Crippen LogP contribution in [0.3, 0.4) is 0 Å². The molecule has 0 aliphatic carbocycles. The zero-order chi connectivity index (χ0) is 18.5. The second-order valence-corrected chi connectivity index (χ2v) is 4.68. The van der Waals surface area contributed by atoms with E-state index < -0.39 is 17.9 Å². The third-order valence-corrected chi connectivity index (χ3v) is 2.45. The predicted octanol–water partition coefficient (Wildman–Crippen LogP) is -2.45. The SMILES string of the molecule is COC(=O)/C(=N/OCC[NH+](C)C)c1ccccc1.O=C([O-])C(=O)O. The molecular weight excluding hydrogens is 320 g/mol. The number of aliphatic carboxylic acids is 2. The molecule has 0 atom stereocenters. The first-order chi connectivity index (χ1) is 11.3. The van der Waals surface area contributed by atoms with Crippen molar-refractivity contribution < 1.29 is 39.1 Å². The van der Waals surface area contributed by atoms with E-state index in [9.17, 15) is 4.79 Å². The summed E-state index contributed by atoms with van der Waals surface area (Å²) >= 11 is 0. The van der Waals surface area contributed by atoms with Crippen LogP contribution in [0.2, 0.25) is 0 Å². The van der Waals surface area contributed by atoms with Gasteiger partial charge in [-0.3, -0.25) is 0 Å². The number of nitrogens with zero attached hydrogens (tertiary/aromatic N) is 1. The van der Waals surface area contributed by atoms with Crippen LogP contribution in [0.15, 0.2) is 35.5 Å². The summed E-state index contributed by atoms with van der Waals surface area (Å²) in [5.41, 5.74) is 0.869. The van der Waals surface area contributed by atoms with Crippen molar-refractivity contribution in [1.82, 2.24) is 0 Å². The van der Waals surface area contributed by atoms with Gasteiger partial charge in [0.1, 0.15) is 6.54 Å². The molecule has 24 heavy (non-hydrogen) atoms. The molecule has 0 amide bonds. The first-order valence-electron chi connectivity index (χ1n) is 6.86. The minimum Gasteiger partial charge on any atom is -0.539 e. The van der Waals surface area contributed by atoms with Gasteiger partial charge < -0.3 is 29.5 Å². The highest BCUT2D eigenvalue weighted by Crippen LogP contribution is 2.03. The van der Waals surface area contributed by atoms with Crippen molar-refractivity contribution in [1.29, 1.82) is 0 Å². The van der Waals surface area contributed by atoms with Gasteiger partial charge in [0, 0.05) is 5.56 Å². The van der Waals surface area contributed by atoms with Gasteiger partial charge in [-0.25, -0.2) is 9.59 Å². The van der Waals surface area contributed by atoms with Gasteiger partial charge in [-0.2, -0.15) is 0 Å². The number of likely N-dealkylation sites (N-methyl/N-ethyl adjacent to an activating group) is 1. The molecule has 132 valence electrons. The van der Waals surface area contributed by atoms with Crippen LogP contribution in [-0.2, 0) is 24.0 Å². The number of carbonyl (C=O) groups excluding carboxylic acids is 2. The molecule has 0 aliphatic rings. The molecule has 0 aromatic heterocycles. The monoisotopic (exact) mass is 340 g/mol. The summed E-state index contributed by atoms with van der Waals surface area (Å²) in [5, 5.41) is 20.2. The van der Waals surface area contributed by atoms with Gasteiger partial charge in [0.2, 0.25) is 0 Å². The lowest BCUT2D eigenvalue weighted by molar-refractivity contribution is -0.858. The van der Waals surface area contributed by atoms with E-state index in [-0.39, 0.29) is 5.71 Å². The molecule has 1 rings (SSSR count). The van der Waals surface area contributed by atoms with Crippen molar-refractivity contribution in [3.8, 4) is 0 Å². The lowest BCUT2D eigenvalue weighted by Gasteiger charge is -2.07. The van der Waals surface area contributed by atoms with Gasteiger partial charge in [0.25, 0.3) is 0 Å². The number of oxime groups is 1. The Balaban J connectivity index is 0.000000754. The first-order valence-corrected chi connectivity index (χ1v) is 6.86. The second kappa shape index (κ2) is 11.6. The molecule has 1 aromatic rings. The molecule has 1 aromatic carbocycles. The Hall–Kier alpha value is -2.94. The Kier molecular flexibility index (Phi) is 10.2. The molecule has 9 nitrogen and oxygen atoms in total. The lowest BCUT2D eigenvalue weighted by Crippen LogP contribution is -3.06. The van der Waals surface area contributed by atoms with E-state index in [0.29, 0.717) is 12.2 Å². The zero-order valence-corrected chi connectivity index (χ0v) is 13.6. The van der Waals surface area contributed by atoms with Crippen molar-refractivity contribution in [2.24, 2.45) is 5.16 Å². The molecule has 2 N–H and O–H groups in total. The number of nitrogens with one attached hydrogen (secondary N) is 1. The van der Waals surface area contributed by atoms with Gasteiger partial charge in [-0.15, -0.1) is 0 Å². The smallest absolute Gasteiger partial charge is 0.360 e. The fraction of sp³-hybridized carbons (Fsp3) is 0.333. The third kappa shape index (κ3) is 9.15. The molecule has 9 heteroatoms. The number of carboxylic acids is 2. The fourth-order valence-electron chi connectivity index (χ4n) is 1.26. The topological polar surface area (TPSA) is 130 Å². The van der Waals surface area contributed by atoms with Crippen LogP contribution in [0.4, 0.5) is 0 Å². The van der Waals surface area contributed by atoms with Gasteiger partial charge in [0.05, 0.1) is 21.2 Å². The van der Waals surface area contributed by atoms with Crippen LogP contribution in [0, 0.1) is 0 Å². The Morgan fingerprint density at radius 2 is 1.75 bits per heavy atom. The van der Waals surface area contributed by atoms with Crippen molar-refractivity contribution in [2.45, 2.75) is 0 Å². The summed E-state index contributed by atoms with van der Waals surface area (Å²) in [6.07, 6.45) is 0. The molecule has 0 radical (unpaired) electrons. The summed E-state index contributed by atoms with van der Waals surface area (Å²) in [4.78, 5) is 36.0. The van der Waals surface area contributed by atoms with Crippen molar-refractivity contribution >= 4 is 23.6 Å². The molecule has 0 fully saturated rings. The van der Waals surface area contributed by atoms with E-state index in [2.05, 4.69) is 9.89 Å². The highest BCUT2D eigenvalue weighted by molar-refractivity contribution is 6.43. The summed E-state index contributed by atoms with van der Waals surface area (Å²) in [7, 11) is 5.36. The quantitative estimate of drug-likeness (QED) is 0.193. The van der Waals surface area contributed by atoms with Gasteiger partial charge in [-0.05, 0) is 0 Å². The van der Waals surface area contributed by atoms with E-state index >= 15 is 0 Å². The van der Waals surface area contributed by atoms with Crippen LogP contribution in [0.1, 0.15) is 5.56 Å². The van der Waals surface area contributed by atoms with Crippen LogP contribution < -0.4 is 10.0 Å². The maximum absolute atomic E-state index is 11.6. The third-order valence-electron chi connectivity index (χ3n) is 2.45. The number of benzene rings is 1. The molecule has 0 heterocycles. The Labute approximate surface area is 139 Å². The largest absolute Gasteiger partial charge is 0.539 e. The van der Waals surface area contributed by atoms with Gasteiger partial charge in [0.15, 0.2) is 18.3 Å². The van der Waals surface area contributed by atoms with Gasteiger partial charge >= 0.3 is 11.9 Å². The number of rotatable bonds is 6. The van der Waals surface area contributed by atoms with E-state index in [0.717, 1.165) is 6.54 Å². The van der Waals surface area contributed by atoms with E-state index in [4.69, 9.17) is 24.6 Å². The highest BCUT2D eigenvalue weighted by Gasteiger charge is 2.15. The van der Waals surface area contributed by atoms with Crippen LogP contribution in [0.5, 0.6) is 0 Å². The molecular formula is C15H20N2O7. The minimum absolute atomic E-state index is 0.187. The summed E-state index contributed by atoms with van der Waals surface area (Å²) < 4.78 is 4.69. The number of ether oxygens (including phenoxy) is 1. The van der Waals surface area contributed by atoms with Gasteiger partial charge in [-0.1, -0.05) is 35.5 Å². The number of hydrogen-bond donors (Lipinski definition) is 2. The Morgan fingerprint density at radius 1 is 1.21 bits per heavy atom. The molecule has 0 unspecified atom stereocenters. The molecule has 0 bridgehead atoms. The zero-order valence-electron chi connectivity index (χ0n) is 13.6. The normalized spacial score (nSPS) is 10.4. The molecule has 0 saturated heterocycles. The Bertz CT molecular complexity index is 558. The number of carbonyl (C=O) groups is 3. The lowest BCUT2D eigenvalue weighted by atomic mass is 10.1. The number of esters is 1. The van der Waals surface area contributed by atoms with E-state index in [1.807, 2.05) is 32.3 Å². The number of carboxylic acid groups (broad SMARTS) is 2. The minimum atomic E-state index is -2.07. The van der Waals surface area contributed by atoms with Crippen LogP contribution in [-0.4, -0.2) is 63.1 Å². The number of quaternary nitrogens is 1. The summed E-state index contributed by atoms with van der Waals surface area (Å²) in [6, 6.07) is 9.11. The average Bonchev–Trinajstić information content (AvgIpc) is 2.55. The summed E-state index contributed by atoms with van der Waals surface area (Å²) in [6.45, 7) is 1.27. The first kappa shape index (κ1) is 21.1. The maximum Gasteiger partial charge on any atom is 0.360 e. The van der Waals surface area contributed by atoms with Crippen molar-refractivity contribution in [3.05, 3.63) is 35.9 Å². The molecule has 0 spiro atoms. The van der Waals surface area contributed by atoms with Crippen molar-refractivity contribution in [3.63, 3.8) is 0 Å². The fourth-order valence-corrected chi connectivity index (χ4v) is 1.26. The summed E-state index contributed by atoms with van der Waals surface area (Å²) in [5.74, 6) is -4.51. The number of hydrogen-bond acceptors (Lipinski definition) is 7. The average molecular weight is 340 g/mol. The van der Waals surface area contributed by atoms with E-state index in [1.165, 1.54) is 12.0 Å². The number of methoxy groups -OCH3 is 1. The van der Waals surface area contributed by atoms with E-state index in [1.54, 1.807) is 12.1 Å². The Morgan fingerprint density at radius 3 is 2.17 bits per heavy atom. The molecule has 0 saturated carbocycles.